The van der Waals surface area contributed by atoms with Crippen molar-refractivity contribution in [1.82, 2.24) is 5.32 Å². The van der Waals surface area contributed by atoms with Crippen molar-refractivity contribution < 1.29 is 23.1 Å². The molecule has 24 heavy (non-hydrogen) atoms. The average Bonchev–Trinajstić information content (AvgIpc) is 2.54. The van der Waals surface area contributed by atoms with E-state index in [1.165, 1.54) is 12.1 Å². The number of nitrogens with one attached hydrogen (secondary N) is 1. The van der Waals surface area contributed by atoms with Gasteiger partial charge in [0.2, 0.25) is 5.91 Å². The molecule has 1 saturated carbocycles. The third-order valence-electron chi connectivity index (χ3n) is 4.67. The lowest BCUT2D eigenvalue weighted by molar-refractivity contribution is -0.137. The fraction of sp³-hybridized carbons (Fsp3) is 0.611. The first-order chi connectivity index (χ1) is 11.3. The normalized spacial score (nSPS) is 22.9. The SMILES string of the molecule is CC[C@@H](Cc1ccc(C(F)(F)F)cc1)C(=O)NC1CCC(O)CC1. The Hall–Kier alpha value is -1.56. The van der Waals surface area contributed by atoms with Crippen molar-refractivity contribution in [3.63, 3.8) is 0 Å². The van der Waals surface area contributed by atoms with Gasteiger partial charge in [-0.25, -0.2) is 0 Å². The zero-order chi connectivity index (χ0) is 17.7. The number of aliphatic hydroxyl groups excluding tert-OH is 1. The first-order valence-electron chi connectivity index (χ1n) is 8.44. The van der Waals surface area contributed by atoms with E-state index in [9.17, 15) is 23.1 Å². The van der Waals surface area contributed by atoms with Gasteiger partial charge in [-0.1, -0.05) is 19.1 Å². The Bertz CT molecular complexity index is 534. The summed E-state index contributed by atoms with van der Waals surface area (Å²) < 4.78 is 37.7. The van der Waals surface area contributed by atoms with Gasteiger partial charge in [-0.05, 0) is 56.2 Å². The van der Waals surface area contributed by atoms with Crippen LogP contribution in [0.4, 0.5) is 13.2 Å². The van der Waals surface area contributed by atoms with Gasteiger partial charge in [-0.2, -0.15) is 13.2 Å². The van der Waals surface area contributed by atoms with Crippen LogP contribution in [0.25, 0.3) is 0 Å². The van der Waals surface area contributed by atoms with Crippen molar-refractivity contribution in [2.45, 2.75) is 63.8 Å². The molecule has 1 atom stereocenters. The lowest BCUT2D eigenvalue weighted by atomic mass is 9.91. The van der Waals surface area contributed by atoms with Crippen LogP contribution in [0.5, 0.6) is 0 Å². The molecule has 134 valence electrons. The molecule has 0 saturated heterocycles. The Morgan fingerprint density at radius 3 is 2.29 bits per heavy atom. The van der Waals surface area contributed by atoms with Crippen molar-refractivity contribution in [3.8, 4) is 0 Å². The van der Waals surface area contributed by atoms with Crippen LogP contribution >= 0.6 is 0 Å². The molecule has 0 radical (unpaired) electrons. The number of carbonyl (C=O) groups is 1. The first-order valence-corrected chi connectivity index (χ1v) is 8.44. The number of alkyl halides is 3. The molecule has 1 aromatic carbocycles. The van der Waals surface area contributed by atoms with E-state index in [-0.39, 0.29) is 24.0 Å². The van der Waals surface area contributed by atoms with Gasteiger partial charge in [0.25, 0.3) is 0 Å². The van der Waals surface area contributed by atoms with Crippen LogP contribution in [-0.2, 0) is 17.4 Å². The molecular weight excluding hydrogens is 319 g/mol. The smallest absolute Gasteiger partial charge is 0.393 e. The molecule has 2 rings (SSSR count). The molecule has 0 unspecified atom stereocenters. The second kappa shape index (κ2) is 8.01. The molecule has 1 aliphatic rings. The Morgan fingerprint density at radius 2 is 1.79 bits per heavy atom. The monoisotopic (exact) mass is 343 g/mol. The van der Waals surface area contributed by atoms with Gasteiger partial charge in [0.1, 0.15) is 0 Å². The number of hydrogen-bond acceptors (Lipinski definition) is 2. The van der Waals surface area contributed by atoms with Crippen molar-refractivity contribution in [2.24, 2.45) is 5.92 Å². The zero-order valence-corrected chi connectivity index (χ0v) is 13.8. The maximum atomic E-state index is 12.6. The Labute approximate surface area is 140 Å². The van der Waals surface area contributed by atoms with Gasteiger partial charge in [0, 0.05) is 12.0 Å². The van der Waals surface area contributed by atoms with E-state index in [4.69, 9.17) is 0 Å². The summed E-state index contributed by atoms with van der Waals surface area (Å²) in [5.74, 6) is -0.313. The molecule has 1 fully saturated rings. The lowest BCUT2D eigenvalue weighted by Crippen LogP contribution is -2.42. The summed E-state index contributed by atoms with van der Waals surface area (Å²) in [5.41, 5.74) is 0.0496. The largest absolute Gasteiger partial charge is 0.416 e. The lowest BCUT2D eigenvalue weighted by Gasteiger charge is -2.27. The van der Waals surface area contributed by atoms with E-state index >= 15 is 0 Å². The minimum atomic E-state index is -4.34. The van der Waals surface area contributed by atoms with Crippen LogP contribution in [0.1, 0.15) is 50.2 Å². The zero-order valence-electron chi connectivity index (χ0n) is 13.8. The number of benzene rings is 1. The molecule has 1 amide bonds. The summed E-state index contributed by atoms with van der Waals surface area (Å²) >= 11 is 0. The summed E-state index contributed by atoms with van der Waals surface area (Å²) in [5, 5.41) is 12.5. The Balaban J connectivity index is 1.92. The molecule has 1 aromatic rings. The van der Waals surface area contributed by atoms with Gasteiger partial charge in [-0.15, -0.1) is 0 Å². The average molecular weight is 343 g/mol. The van der Waals surface area contributed by atoms with Crippen LogP contribution in [-0.4, -0.2) is 23.2 Å². The molecule has 0 aliphatic heterocycles. The highest BCUT2D eigenvalue weighted by Crippen LogP contribution is 2.29. The summed E-state index contributed by atoms with van der Waals surface area (Å²) in [7, 11) is 0. The van der Waals surface area contributed by atoms with Crippen molar-refractivity contribution in [3.05, 3.63) is 35.4 Å². The van der Waals surface area contributed by atoms with Gasteiger partial charge < -0.3 is 10.4 Å². The van der Waals surface area contributed by atoms with E-state index in [0.29, 0.717) is 25.7 Å². The quantitative estimate of drug-likeness (QED) is 0.857. The van der Waals surface area contributed by atoms with Crippen molar-refractivity contribution in [1.29, 1.82) is 0 Å². The molecule has 2 N–H and O–H groups in total. The Kier molecular flexibility index (Phi) is 6.27. The summed E-state index contributed by atoms with van der Waals surface area (Å²) in [6.07, 6.45) is -0.634. The second-order valence-corrected chi connectivity index (χ2v) is 6.52. The number of hydrogen-bond donors (Lipinski definition) is 2. The highest BCUT2D eigenvalue weighted by atomic mass is 19.4. The minimum absolute atomic E-state index is 0.0567. The minimum Gasteiger partial charge on any atom is -0.393 e. The van der Waals surface area contributed by atoms with Crippen LogP contribution in [0, 0.1) is 5.92 Å². The van der Waals surface area contributed by atoms with E-state index in [1.54, 1.807) is 0 Å². The van der Waals surface area contributed by atoms with Crippen molar-refractivity contribution >= 4 is 5.91 Å². The molecular formula is C18H24F3NO2. The van der Waals surface area contributed by atoms with Gasteiger partial charge in [0.15, 0.2) is 0 Å². The predicted octanol–water partition coefficient (Wildman–Crippen LogP) is 3.69. The van der Waals surface area contributed by atoms with Crippen molar-refractivity contribution in [2.75, 3.05) is 0 Å². The Morgan fingerprint density at radius 1 is 1.21 bits per heavy atom. The van der Waals surface area contributed by atoms with E-state index in [1.807, 2.05) is 6.92 Å². The van der Waals surface area contributed by atoms with Gasteiger partial charge >= 0.3 is 6.18 Å². The van der Waals surface area contributed by atoms with Crippen LogP contribution < -0.4 is 5.32 Å². The van der Waals surface area contributed by atoms with Gasteiger partial charge in [0.05, 0.1) is 11.7 Å². The third kappa shape index (κ3) is 5.23. The van der Waals surface area contributed by atoms with E-state index in [2.05, 4.69) is 5.32 Å². The second-order valence-electron chi connectivity index (χ2n) is 6.52. The number of carbonyl (C=O) groups excluding carboxylic acids is 1. The first kappa shape index (κ1) is 18.8. The van der Waals surface area contributed by atoms with Crippen LogP contribution in [0.15, 0.2) is 24.3 Å². The highest BCUT2D eigenvalue weighted by Gasteiger charge is 2.30. The standard InChI is InChI=1S/C18H24F3NO2/c1-2-13(17(24)22-15-7-9-16(23)10-8-15)11-12-3-5-14(6-4-12)18(19,20)21/h3-6,13,15-16,23H,2,7-11H2,1H3,(H,22,24)/t13-,15?,16?/m0/s1. The van der Waals surface area contributed by atoms with Crippen LogP contribution in [0.2, 0.25) is 0 Å². The van der Waals surface area contributed by atoms with Gasteiger partial charge in [-0.3, -0.25) is 4.79 Å². The summed E-state index contributed by atoms with van der Waals surface area (Å²) in [6, 6.07) is 5.08. The maximum Gasteiger partial charge on any atom is 0.416 e. The van der Waals surface area contributed by atoms with Crippen LogP contribution in [0.3, 0.4) is 0 Å². The summed E-state index contributed by atoms with van der Waals surface area (Å²) in [4.78, 5) is 12.4. The fourth-order valence-corrected chi connectivity index (χ4v) is 3.08. The van der Waals surface area contributed by atoms with E-state index in [0.717, 1.165) is 30.5 Å². The molecule has 0 bridgehead atoms. The highest BCUT2D eigenvalue weighted by molar-refractivity contribution is 5.79. The topological polar surface area (TPSA) is 49.3 Å². The number of aliphatic hydroxyl groups is 1. The maximum absolute atomic E-state index is 12.6. The molecule has 0 heterocycles. The molecule has 3 nitrogen and oxygen atoms in total. The molecule has 0 aromatic heterocycles. The number of amides is 1. The number of halogens is 3. The predicted molar refractivity (Wildman–Crippen MR) is 85.3 cm³/mol. The molecule has 6 heteroatoms. The number of rotatable bonds is 5. The molecule has 1 aliphatic carbocycles. The van der Waals surface area contributed by atoms with E-state index < -0.39 is 11.7 Å². The fourth-order valence-electron chi connectivity index (χ4n) is 3.08. The molecule has 0 spiro atoms. The third-order valence-corrected chi connectivity index (χ3v) is 4.67. The summed E-state index contributed by atoms with van der Waals surface area (Å²) in [6.45, 7) is 1.90.